The first-order chi connectivity index (χ1) is 15.5. The molecule has 0 aliphatic carbocycles. The van der Waals surface area contributed by atoms with Crippen molar-refractivity contribution in [3.63, 3.8) is 0 Å². The maximum atomic E-state index is 11.0. The van der Waals surface area contributed by atoms with Gasteiger partial charge in [-0.1, -0.05) is 54.1 Å². The predicted octanol–water partition coefficient (Wildman–Crippen LogP) is 5.05. The highest BCUT2D eigenvalue weighted by molar-refractivity contribution is 5.76. The summed E-state index contributed by atoms with van der Waals surface area (Å²) in [6.45, 7) is 2.14. The average Bonchev–Trinajstić information content (AvgIpc) is 3.22. The summed E-state index contributed by atoms with van der Waals surface area (Å²) < 4.78 is 13.1. The molecule has 0 saturated carbocycles. The molecule has 6 heteroatoms. The van der Waals surface area contributed by atoms with Gasteiger partial charge in [0.15, 0.2) is 6.61 Å². The molecule has 1 N–H and O–H groups in total. The van der Waals surface area contributed by atoms with Crippen molar-refractivity contribution in [2.45, 2.75) is 13.5 Å². The first-order valence-corrected chi connectivity index (χ1v) is 10.3. The number of carbonyl (C=O) groups is 1. The van der Waals surface area contributed by atoms with E-state index in [1.807, 2.05) is 72.3 Å². The number of hydrogen-bond donors (Lipinski definition) is 1. The number of nitrogens with zero attached hydrogens (tertiary/aromatic N) is 2. The standard InChI is InChI=1S/C26H24N2O4/c1-18-12-13-25(32-17-26(29)30)21(14-18)22-15-23(20-10-6-7-11-24(20)31-2)28(27-22)16-19-8-4-3-5-9-19/h3-15H,16-17H2,1-2H3,(H,29,30). The number of aliphatic carboxylic acids is 1. The number of aryl methyl sites for hydroxylation is 1. The van der Waals surface area contributed by atoms with E-state index in [0.717, 1.165) is 33.7 Å². The fourth-order valence-corrected chi connectivity index (χ4v) is 3.61. The maximum Gasteiger partial charge on any atom is 0.341 e. The highest BCUT2D eigenvalue weighted by atomic mass is 16.5. The molecule has 0 unspecified atom stereocenters. The van der Waals surface area contributed by atoms with Crippen LogP contribution in [0.4, 0.5) is 0 Å². The van der Waals surface area contributed by atoms with Crippen molar-refractivity contribution in [1.82, 2.24) is 9.78 Å². The molecule has 0 aliphatic rings. The smallest absolute Gasteiger partial charge is 0.341 e. The van der Waals surface area contributed by atoms with Crippen LogP contribution in [0.5, 0.6) is 11.5 Å². The molecule has 0 saturated heterocycles. The molecular formula is C26H24N2O4. The predicted molar refractivity (Wildman–Crippen MR) is 123 cm³/mol. The summed E-state index contributed by atoms with van der Waals surface area (Å²) >= 11 is 0. The number of benzene rings is 3. The Labute approximate surface area is 186 Å². The van der Waals surface area contributed by atoms with Gasteiger partial charge in [0.1, 0.15) is 11.5 Å². The van der Waals surface area contributed by atoms with E-state index in [0.29, 0.717) is 18.0 Å². The van der Waals surface area contributed by atoms with Gasteiger partial charge in [-0.3, -0.25) is 4.68 Å². The zero-order chi connectivity index (χ0) is 22.5. The molecule has 0 amide bonds. The van der Waals surface area contributed by atoms with Gasteiger partial charge in [-0.25, -0.2) is 4.79 Å². The average molecular weight is 428 g/mol. The Kier molecular flexibility index (Phi) is 6.22. The second kappa shape index (κ2) is 9.39. The summed E-state index contributed by atoms with van der Waals surface area (Å²) in [5.41, 5.74) is 5.40. The van der Waals surface area contributed by atoms with Crippen molar-refractivity contribution < 1.29 is 19.4 Å². The Balaban J connectivity index is 1.84. The monoisotopic (exact) mass is 428 g/mol. The zero-order valence-corrected chi connectivity index (χ0v) is 18.0. The molecule has 3 aromatic carbocycles. The second-order valence-corrected chi connectivity index (χ2v) is 7.44. The molecule has 4 rings (SSSR count). The van der Waals surface area contributed by atoms with Gasteiger partial charge in [0.25, 0.3) is 0 Å². The van der Waals surface area contributed by atoms with E-state index < -0.39 is 12.6 Å². The van der Waals surface area contributed by atoms with E-state index >= 15 is 0 Å². The van der Waals surface area contributed by atoms with Crippen LogP contribution in [0.15, 0.2) is 78.9 Å². The minimum Gasteiger partial charge on any atom is -0.496 e. The first kappa shape index (κ1) is 21.2. The van der Waals surface area contributed by atoms with Crippen molar-refractivity contribution in [3.8, 4) is 34.0 Å². The van der Waals surface area contributed by atoms with Crippen molar-refractivity contribution in [1.29, 1.82) is 0 Å². The van der Waals surface area contributed by atoms with Crippen molar-refractivity contribution in [2.75, 3.05) is 13.7 Å². The largest absolute Gasteiger partial charge is 0.496 e. The van der Waals surface area contributed by atoms with Crippen LogP contribution >= 0.6 is 0 Å². The molecule has 1 aromatic heterocycles. The fraction of sp³-hybridized carbons (Fsp3) is 0.154. The Morgan fingerprint density at radius 3 is 2.44 bits per heavy atom. The summed E-state index contributed by atoms with van der Waals surface area (Å²) in [5.74, 6) is 0.203. The van der Waals surface area contributed by atoms with Gasteiger partial charge in [0.2, 0.25) is 0 Å². The van der Waals surface area contributed by atoms with Gasteiger partial charge in [0, 0.05) is 11.1 Å². The van der Waals surface area contributed by atoms with Crippen molar-refractivity contribution >= 4 is 5.97 Å². The molecular weight excluding hydrogens is 404 g/mol. The number of aromatic nitrogens is 2. The van der Waals surface area contributed by atoms with Gasteiger partial charge >= 0.3 is 5.97 Å². The Morgan fingerprint density at radius 2 is 1.69 bits per heavy atom. The summed E-state index contributed by atoms with van der Waals surface area (Å²) in [5, 5.41) is 13.9. The molecule has 0 radical (unpaired) electrons. The van der Waals surface area contributed by atoms with Crippen molar-refractivity contribution in [2.24, 2.45) is 0 Å². The van der Waals surface area contributed by atoms with Crippen LogP contribution in [0.2, 0.25) is 0 Å². The molecule has 162 valence electrons. The SMILES string of the molecule is COc1ccccc1-c1cc(-c2cc(C)ccc2OCC(=O)O)nn1Cc1ccccc1. The number of para-hydroxylation sites is 1. The lowest BCUT2D eigenvalue weighted by Gasteiger charge is -2.11. The highest BCUT2D eigenvalue weighted by Crippen LogP contribution is 2.36. The molecule has 0 atom stereocenters. The number of carboxylic acids is 1. The van der Waals surface area contributed by atoms with Crippen LogP contribution in [-0.4, -0.2) is 34.6 Å². The van der Waals surface area contributed by atoms with Crippen LogP contribution < -0.4 is 9.47 Å². The van der Waals surface area contributed by atoms with Gasteiger partial charge in [-0.05, 0) is 42.8 Å². The van der Waals surface area contributed by atoms with E-state index in [2.05, 4.69) is 12.1 Å². The zero-order valence-electron chi connectivity index (χ0n) is 18.0. The number of carboxylic acid groups (broad SMARTS) is 1. The van der Waals surface area contributed by atoms with E-state index in [4.69, 9.17) is 19.7 Å². The van der Waals surface area contributed by atoms with Crippen LogP contribution in [-0.2, 0) is 11.3 Å². The van der Waals surface area contributed by atoms with Crippen LogP contribution in [0.1, 0.15) is 11.1 Å². The van der Waals surface area contributed by atoms with Crippen molar-refractivity contribution in [3.05, 3.63) is 90.0 Å². The van der Waals surface area contributed by atoms with Gasteiger partial charge < -0.3 is 14.6 Å². The lowest BCUT2D eigenvalue weighted by molar-refractivity contribution is -0.139. The van der Waals surface area contributed by atoms with E-state index in [1.165, 1.54) is 0 Å². The molecule has 0 aliphatic heterocycles. The van der Waals surface area contributed by atoms with Crippen LogP contribution in [0.3, 0.4) is 0 Å². The molecule has 0 fully saturated rings. The molecule has 6 nitrogen and oxygen atoms in total. The summed E-state index contributed by atoms with van der Waals surface area (Å²) in [6, 6.07) is 25.5. The summed E-state index contributed by atoms with van der Waals surface area (Å²) in [6.07, 6.45) is 0. The first-order valence-electron chi connectivity index (χ1n) is 10.3. The fourth-order valence-electron chi connectivity index (χ4n) is 3.61. The third kappa shape index (κ3) is 4.64. The topological polar surface area (TPSA) is 73.6 Å². The van der Waals surface area contributed by atoms with Gasteiger partial charge in [0.05, 0.1) is 25.0 Å². The molecule has 0 bridgehead atoms. The lowest BCUT2D eigenvalue weighted by atomic mass is 10.1. The minimum atomic E-state index is -1.03. The normalized spacial score (nSPS) is 10.7. The number of rotatable bonds is 8. The Hall–Kier alpha value is -4.06. The Bertz CT molecular complexity index is 1230. The number of methoxy groups -OCH3 is 1. The van der Waals surface area contributed by atoms with E-state index in [9.17, 15) is 4.79 Å². The van der Waals surface area contributed by atoms with E-state index in [1.54, 1.807) is 13.2 Å². The highest BCUT2D eigenvalue weighted by Gasteiger charge is 2.18. The third-order valence-electron chi connectivity index (χ3n) is 5.10. The van der Waals surface area contributed by atoms with Gasteiger partial charge in [-0.2, -0.15) is 5.10 Å². The summed E-state index contributed by atoms with van der Waals surface area (Å²) in [7, 11) is 1.65. The molecule has 32 heavy (non-hydrogen) atoms. The second-order valence-electron chi connectivity index (χ2n) is 7.44. The van der Waals surface area contributed by atoms with Crippen LogP contribution in [0.25, 0.3) is 22.5 Å². The Morgan fingerprint density at radius 1 is 0.938 bits per heavy atom. The minimum absolute atomic E-state index is 0.417. The third-order valence-corrected chi connectivity index (χ3v) is 5.10. The lowest BCUT2D eigenvalue weighted by Crippen LogP contribution is -2.10. The maximum absolute atomic E-state index is 11.0. The van der Waals surface area contributed by atoms with E-state index in [-0.39, 0.29) is 0 Å². The molecule has 4 aromatic rings. The molecule has 1 heterocycles. The number of hydrogen-bond acceptors (Lipinski definition) is 4. The van der Waals surface area contributed by atoms with Gasteiger partial charge in [-0.15, -0.1) is 0 Å². The van der Waals surface area contributed by atoms with Crippen LogP contribution in [0, 0.1) is 6.92 Å². The molecule has 0 spiro atoms. The summed E-state index contributed by atoms with van der Waals surface area (Å²) in [4.78, 5) is 11.0. The quantitative estimate of drug-likeness (QED) is 0.425. The number of ether oxygens (including phenoxy) is 2.